The van der Waals surface area contributed by atoms with Gasteiger partial charge in [-0.2, -0.15) is 0 Å². The number of pyridine rings is 1. The number of hydrogen-bond acceptors (Lipinski definition) is 3. The van der Waals surface area contributed by atoms with E-state index >= 15 is 0 Å². The molecule has 0 aliphatic heterocycles. The molecule has 1 N–H and O–H groups in total. The highest BCUT2D eigenvalue weighted by molar-refractivity contribution is 6.08. The Balaban J connectivity index is 2.28. The molecule has 0 saturated carbocycles. The Hall–Kier alpha value is -2.16. The molecular formula is C13H12N2O. The van der Waals surface area contributed by atoms with Gasteiger partial charge in [-0.3, -0.25) is 4.79 Å². The predicted molar refractivity (Wildman–Crippen MR) is 63.7 cm³/mol. The zero-order valence-corrected chi connectivity index (χ0v) is 8.97. The lowest BCUT2D eigenvalue weighted by Gasteiger charge is -2.02. The molecule has 0 bridgehead atoms. The quantitative estimate of drug-likeness (QED) is 0.794. The van der Waals surface area contributed by atoms with Crippen molar-refractivity contribution in [2.45, 2.75) is 0 Å². The number of benzene rings is 1. The summed E-state index contributed by atoms with van der Waals surface area (Å²) in [6.07, 6.45) is 1.58. The molecule has 2 aromatic rings. The largest absolute Gasteiger partial charge is 0.373 e. The van der Waals surface area contributed by atoms with Crippen molar-refractivity contribution in [2.75, 3.05) is 12.4 Å². The van der Waals surface area contributed by atoms with E-state index in [4.69, 9.17) is 0 Å². The lowest BCUT2D eigenvalue weighted by molar-refractivity contribution is 0.103. The number of rotatable bonds is 3. The van der Waals surface area contributed by atoms with Crippen LogP contribution in [0.15, 0.2) is 48.7 Å². The second-order valence-electron chi connectivity index (χ2n) is 3.38. The molecule has 3 heteroatoms. The Kier molecular flexibility index (Phi) is 2.96. The minimum atomic E-state index is -0.00393. The van der Waals surface area contributed by atoms with Crippen LogP contribution in [0.2, 0.25) is 0 Å². The molecule has 3 nitrogen and oxygen atoms in total. The van der Waals surface area contributed by atoms with E-state index in [1.54, 1.807) is 37.5 Å². The third-order valence-electron chi connectivity index (χ3n) is 2.32. The molecule has 16 heavy (non-hydrogen) atoms. The van der Waals surface area contributed by atoms with Gasteiger partial charge in [-0.05, 0) is 12.1 Å². The van der Waals surface area contributed by atoms with Crippen LogP contribution in [0.3, 0.4) is 0 Å². The van der Waals surface area contributed by atoms with Crippen LogP contribution in [0.4, 0.5) is 5.82 Å². The fourth-order valence-corrected chi connectivity index (χ4v) is 1.43. The number of ketones is 1. The van der Waals surface area contributed by atoms with E-state index in [1.807, 2.05) is 18.2 Å². The molecule has 0 spiro atoms. The number of carbonyl (C=O) groups excluding carboxylic acids is 1. The van der Waals surface area contributed by atoms with Crippen molar-refractivity contribution < 1.29 is 4.79 Å². The number of nitrogens with one attached hydrogen (secondary N) is 1. The zero-order chi connectivity index (χ0) is 11.4. The average molecular weight is 212 g/mol. The van der Waals surface area contributed by atoms with Crippen LogP contribution < -0.4 is 5.32 Å². The summed E-state index contributed by atoms with van der Waals surface area (Å²) in [5.74, 6) is 0.750. The number of carbonyl (C=O) groups is 1. The smallest absolute Gasteiger partial charge is 0.194 e. The van der Waals surface area contributed by atoms with E-state index in [-0.39, 0.29) is 5.78 Å². The lowest BCUT2D eigenvalue weighted by atomic mass is 10.1. The summed E-state index contributed by atoms with van der Waals surface area (Å²) in [7, 11) is 1.79. The SMILES string of the molecule is CNc1ccc(C(=O)c2ccccc2)cn1. The Bertz CT molecular complexity index is 477. The lowest BCUT2D eigenvalue weighted by Crippen LogP contribution is -2.02. The van der Waals surface area contributed by atoms with Gasteiger partial charge in [0.25, 0.3) is 0 Å². The van der Waals surface area contributed by atoms with Crippen LogP contribution in [0, 0.1) is 0 Å². The van der Waals surface area contributed by atoms with E-state index in [0.717, 1.165) is 5.82 Å². The van der Waals surface area contributed by atoms with Gasteiger partial charge in [0, 0.05) is 24.4 Å². The molecule has 0 unspecified atom stereocenters. The molecule has 0 aliphatic rings. The molecule has 1 heterocycles. The highest BCUT2D eigenvalue weighted by Crippen LogP contribution is 2.10. The first-order valence-electron chi connectivity index (χ1n) is 5.05. The van der Waals surface area contributed by atoms with Crippen molar-refractivity contribution >= 4 is 11.6 Å². The van der Waals surface area contributed by atoms with Gasteiger partial charge in [0.05, 0.1) is 0 Å². The van der Waals surface area contributed by atoms with Crippen molar-refractivity contribution in [3.63, 3.8) is 0 Å². The summed E-state index contributed by atoms with van der Waals surface area (Å²) >= 11 is 0. The van der Waals surface area contributed by atoms with Gasteiger partial charge < -0.3 is 5.32 Å². The maximum absolute atomic E-state index is 12.0. The topological polar surface area (TPSA) is 42.0 Å². The first-order valence-corrected chi connectivity index (χ1v) is 5.05. The van der Waals surface area contributed by atoms with Crippen LogP contribution in [-0.4, -0.2) is 17.8 Å². The highest BCUT2D eigenvalue weighted by atomic mass is 16.1. The van der Waals surface area contributed by atoms with E-state index < -0.39 is 0 Å². The van der Waals surface area contributed by atoms with Crippen LogP contribution in [0.5, 0.6) is 0 Å². The van der Waals surface area contributed by atoms with Crippen LogP contribution in [0.25, 0.3) is 0 Å². The van der Waals surface area contributed by atoms with Crippen molar-refractivity contribution in [1.29, 1.82) is 0 Å². The molecule has 0 radical (unpaired) electrons. The molecule has 0 aliphatic carbocycles. The fourth-order valence-electron chi connectivity index (χ4n) is 1.43. The van der Waals surface area contributed by atoms with Gasteiger partial charge in [-0.15, -0.1) is 0 Å². The van der Waals surface area contributed by atoms with Gasteiger partial charge in [-0.25, -0.2) is 4.98 Å². The van der Waals surface area contributed by atoms with Gasteiger partial charge in [-0.1, -0.05) is 30.3 Å². The summed E-state index contributed by atoms with van der Waals surface area (Å²) in [5, 5.41) is 2.91. The molecule has 0 atom stereocenters. The van der Waals surface area contributed by atoms with Gasteiger partial charge >= 0.3 is 0 Å². The third kappa shape index (κ3) is 2.08. The summed E-state index contributed by atoms with van der Waals surface area (Å²) < 4.78 is 0. The summed E-state index contributed by atoms with van der Waals surface area (Å²) in [4.78, 5) is 16.1. The fraction of sp³-hybridized carbons (Fsp3) is 0.0769. The van der Waals surface area contributed by atoms with Crippen molar-refractivity contribution in [1.82, 2.24) is 4.98 Å². The Morgan fingerprint density at radius 3 is 2.38 bits per heavy atom. The maximum atomic E-state index is 12.0. The van der Waals surface area contributed by atoms with Crippen LogP contribution in [-0.2, 0) is 0 Å². The minimum Gasteiger partial charge on any atom is -0.373 e. The van der Waals surface area contributed by atoms with Crippen LogP contribution in [0.1, 0.15) is 15.9 Å². The van der Waals surface area contributed by atoms with E-state index in [9.17, 15) is 4.79 Å². The molecule has 80 valence electrons. The van der Waals surface area contributed by atoms with E-state index in [0.29, 0.717) is 11.1 Å². The Morgan fingerprint density at radius 1 is 1.06 bits per heavy atom. The Labute approximate surface area is 94.1 Å². The summed E-state index contributed by atoms with van der Waals surface area (Å²) in [5.41, 5.74) is 1.28. The molecular weight excluding hydrogens is 200 g/mol. The Morgan fingerprint density at radius 2 is 1.81 bits per heavy atom. The number of anilines is 1. The molecule has 2 rings (SSSR count). The summed E-state index contributed by atoms with van der Waals surface area (Å²) in [6, 6.07) is 12.7. The van der Waals surface area contributed by atoms with Crippen molar-refractivity contribution in [2.24, 2.45) is 0 Å². The molecule has 0 saturated heterocycles. The standard InChI is InChI=1S/C13H12N2O/c1-14-12-8-7-11(9-15-12)13(16)10-5-3-2-4-6-10/h2-9H,1H3,(H,14,15). The first kappa shape index (κ1) is 10.4. The molecule has 0 amide bonds. The normalized spacial score (nSPS) is 9.81. The third-order valence-corrected chi connectivity index (χ3v) is 2.32. The monoisotopic (exact) mass is 212 g/mol. The van der Waals surface area contributed by atoms with E-state index in [1.165, 1.54) is 0 Å². The number of nitrogens with zero attached hydrogens (tertiary/aromatic N) is 1. The minimum absolute atomic E-state index is 0.00393. The second-order valence-corrected chi connectivity index (χ2v) is 3.38. The number of aromatic nitrogens is 1. The second kappa shape index (κ2) is 4.57. The number of hydrogen-bond donors (Lipinski definition) is 1. The molecule has 1 aromatic heterocycles. The summed E-state index contributed by atoms with van der Waals surface area (Å²) in [6.45, 7) is 0. The highest BCUT2D eigenvalue weighted by Gasteiger charge is 2.08. The average Bonchev–Trinajstić information content (AvgIpc) is 2.39. The van der Waals surface area contributed by atoms with Gasteiger partial charge in [0.15, 0.2) is 5.78 Å². The molecule has 1 aromatic carbocycles. The van der Waals surface area contributed by atoms with Crippen molar-refractivity contribution in [3.8, 4) is 0 Å². The zero-order valence-electron chi connectivity index (χ0n) is 8.97. The first-order chi connectivity index (χ1) is 7.81. The van der Waals surface area contributed by atoms with Gasteiger partial charge in [0.2, 0.25) is 0 Å². The van der Waals surface area contributed by atoms with Gasteiger partial charge in [0.1, 0.15) is 5.82 Å². The van der Waals surface area contributed by atoms with Crippen molar-refractivity contribution in [3.05, 3.63) is 59.8 Å². The van der Waals surface area contributed by atoms with Crippen LogP contribution >= 0.6 is 0 Å². The molecule has 0 fully saturated rings. The maximum Gasteiger partial charge on any atom is 0.194 e. The van der Waals surface area contributed by atoms with E-state index in [2.05, 4.69) is 10.3 Å². The predicted octanol–water partition coefficient (Wildman–Crippen LogP) is 2.35.